The van der Waals surface area contributed by atoms with Crippen molar-refractivity contribution in [2.75, 3.05) is 45.9 Å². The second-order valence-corrected chi connectivity index (χ2v) is 38.3. The summed E-state index contributed by atoms with van der Waals surface area (Å²) in [4.78, 5) is 243. The van der Waals surface area contributed by atoms with E-state index in [-0.39, 0.29) is 125 Å². The van der Waals surface area contributed by atoms with Crippen LogP contribution in [-0.4, -0.2) is 255 Å². The lowest BCUT2D eigenvalue weighted by atomic mass is 9.84. The lowest BCUT2D eigenvalue weighted by Gasteiger charge is -2.33. The number of H-pyrrole nitrogens is 1. The molecule has 0 bridgehead atoms. The molecule has 37 nitrogen and oxygen atoms in total. The Morgan fingerprint density at radius 1 is 0.587 bits per heavy atom. The number of rotatable bonds is 45. The topological polar surface area (TPSA) is 579 Å². The van der Waals surface area contributed by atoms with Gasteiger partial charge in [0.1, 0.15) is 29.4 Å². The summed E-state index contributed by atoms with van der Waals surface area (Å²) in [5.74, 6) is -10.9. The molecule has 0 fully saturated rings. The Hall–Kier alpha value is -10.4. The van der Waals surface area contributed by atoms with Crippen molar-refractivity contribution in [3.8, 4) is 5.75 Å². The van der Waals surface area contributed by atoms with Crippen LogP contribution in [-0.2, 0) is 101 Å². The average molecular weight is 1930 g/mol. The number of Topliss-reactive ketones (excluding diaryl/α,β-unsaturated/α-hetero) is 12. The molecule has 138 heavy (non-hydrogen) atoms. The number of aliphatic hydroxyl groups is 1. The zero-order valence-corrected chi connectivity index (χ0v) is 83.4. The number of fused-ring (bicyclic) bond motifs is 1. The van der Waals surface area contributed by atoms with E-state index >= 15 is 14.4 Å². The summed E-state index contributed by atoms with van der Waals surface area (Å²) in [7, 11) is 0. The largest absolute Gasteiger partial charge is 0.508 e. The molecule has 5 rings (SSSR count). The summed E-state index contributed by atoms with van der Waals surface area (Å²) >= 11 is 0. The molecule has 1 aromatic heterocycles. The third-order valence-corrected chi connectivity index (χ3v) is 25.3. The van der Waals surface area contributed by atoms with Crippen molar-refractivity contribution >= 4 is 110 Å². The number of aliphatic hydroxyl groups excluding tert-OH is 1. The number of aromatic amines is 1. The molecule has 2 heterocycles. The number of hydrogen-bond donors (Lipinski definition) is 20. The minimum absolute atomic E-state index is 0.0119. The molecule has 0 unspecified atom stereocenters. The highest BCUT2D eigenvalue weighted by atomic mass is 16.3. The molecule has 5 amide bonds. The predicted octanol–water partition coefficient (Wildman–Crippen LogP) is 3.43. The Kier molecular flexibility index (Phi) is 51.3. The Labute approximate surface area is 812 Å². The quantitative estimate of drug-likeness (QED) is 0.00991. The lowest BCUT2D eigenvalue weighted by molar-refractivity contribution is -0.142. The molecule has 764 valence electrons. The van der Waals surface area contributed by atoms with Gasteiger partial charge in [-0.2, -0.15) is 0 Å². The van der Waals surface area contributed by atoms with Gasteiger partial charge in [0.25, 0.3) is 0 Å². The van der Waals surface area contributed by atoms with Gasteiger partial charge in [0.2, 0.25) is 41.1 Å². The SMILES string of the molecule is CCCC[C@H](NCN[C@@H](C)C(=O)CCN[C@@H](C)C(=O)CC(=O)[C@]1(C)CCCC=CCCCCCC[C@@](C)(NN[C@@H](Cc2ccccc2)C(=O)C(=O)[C@@H](NC(=O)[C@H](CC(C)C)NC(C)=O)[C@@H](C)O)C(=O)CN[C@@H](C)C(=O)CN[C@@H](Cc2ccc(O)cc2)C(=O)N[C@@](C)(Cc2c[nH]c3ccccc23)C(=O)CC(=O)[C@H](C)NCC(=O)[C@H](CCC(N)=O)NN[C@@H](CC(C)C)C(=O)N1)C(=O)CN[C@@H](C)C(=O)CN. The minimum atomic E-state index is -1.87. The monoisotopic (exact) mass is 1930 g/mol. The summed E-state index contributed by atoms with van der Waals surface area (Å²) in [5, 5.41) is 54.4. The van der Waals surface area contributed by atoms with Crippen molar-refractivity contribution in [1.82, 2.24) is 85.2 Å². The van der Waals surface area contributed by atoms with Gasteiger partial charge in [-0.3, -0.25) is 97.5 Å². The molecule has 4 aromatic rings. The summed E-state index contributed by atoms with van der Waals surface area (Å²) < 4.78 is 0. The van der Waals surface area contributed by atoms with Crippen LogP contribution in [0.25, 0.3) is 10.9 Å². The molecule has 37 heteroatoms. The first-order valence-corrected chi connectivity index (χ1v) is 48.7. The van der Waals surface area contributed by atoms with E-state index in [1.54, 1.807) is 82.4 Å². The molecule has 1 aliphatic heterocycles. The highest BCUT2D eigenvalue weighted by Crippen LogP contribution is 2.27. The van der Waals surface area contributed by atoms with Crippen LogP contribution in [0.5, 0.6) is 5.75 Å². The van der Waals surface area contributed by atoms with Crippen molar-refractivity contribution < 1.29 is 91.7 Å². The zero-order chi connectivity index (χ0) is 103. The number of unbranched alkanes of at least 4 members (excludes halogenated alkanes) is 1. The summed E-state index contributed by atoms with van der Waals surface area (Å²) in [6, 6.07) is 8.87. The number of aromatic hydroxyl groups is 1. The zero-order valence-electron chi connectivity index (χ0n) is 83.4. The fourth-order valence-corrected chi connectivity index (χ4v) is 16.0. The fraction of sp³-hybridized carbons (Fsp3) is 0.614. The maximum Gasteiger partial charge on any atom is 0.243 e. The number of hydrazine groups is 2. The number of phenols is 1. The van der Waals surface area contributed by atoms with E-state index in [2.05, 4.69) is 85.2 Å². The van der Waals surface area contributed by atoms with E-state index in [9.17, 15) is 77.3 Å². The Balaban J connectivity index is 1.50. The predicted molar refractivity (Wildman–Crippen MR) is 527 cm³/mol. The second kappa shape index (κ2) is 59.9. The Morgan fingerprint density at radius 2 is 1.21 bits per heavy atom. The van der Waals surface area contributed by atoms with Crippen LogP contribution in [0, 0.1) is 11.8 Å². The number of nitrogens with two attached hydrogens (primary N) is 2. The van der Waals surface area contributed by atoms with Crippen LogP contribution in [0.2, 0.25) is 0 Å². The molecule has 16 atom stereocenters. The number of amides is 5. The third kappa shape index (κ3) is 40.8. The number of allylic oxidation sites excluding steroid dienone is 2. The number of hydrogen-bond acceptors (Lipinski definition) is 31. The van der Waals surface area contributed by atoms with E-state index in [0.717, 1.165) is 12.8 Å². The first-order valence-electron chi connectivity index (χ1n) is 48.7. The molecular weight excluding hydrogens is 1770 g/mol. The molecule has 1 aliphatic rings. The maximum absolute atomic E-state index is 15.2. The van der Waals surface area contributed by atoms with Gasteiger partial charge in [-0.05, 0) is 186 Å². The molecule has 0 saturated carbocycles. The van der Waals surface area contributed by atoms with Crippen LogP contribution in [0.4, 0.5) is 0 Å². The number of carbonyl (C=O) groups excluding carboxylic acids is 17. The van der Waals surface area contributed by atoms with Crippen molar-refractivity contribution in [3.63, 3.8) is 0 Å². The molecule has 0 radical (unpaired) electrons. The van der Waals surface area contributed by atoms with Crippen LogP contribution < -0.4 is 91.7 Å². The smallest absolute Gasteiger partial charge is 0.243 e. The highest BCUT2D eigenvalue weighted by molar-refractivity contribution is 6.41. The van der Waals surface area contributed by atoms with Crippen LogP contribution >= 0.6 is 0 Å². The molecule has 0 spiro atoms. The average Bonchev–Trinajstić information content (AvgIpc) is 1.56. The van der Waals surface area contributed by atoms with Gasteiger partial charge in [-0.15, -0.1) is 0 Å². The van der Waals surface area contributed by atoms with Crippen molar-refractivity contribution in [2.45, 2.75) is 340 Å². The van der Waals surface area contributed by atoms with Gasteiger partial charge >= 0.3 is 0 Å². The number of nitrogens with one attached hydrogen (secondary N) is 16. The fourth-order valence-electron chi connectivity index (χ4n) is 16.0. The third-order valence-electron chi connectivity index (χ3n) is 25.3. The molecular formula is C101H156N18O19. The number of aromatic nitrogens is 1. The number of benzene rings is 3. The first-order chi connectivity index (χ1) is 65.2. The van der Waals surface area contributed by atoms with E-state index in [1.165, 1.54) is 53.7 Å². The number of para-hydroxylation sites is 1. The van der Waals surface area contributed by atoms with Gasteiger partial charge in [-0.1, -0.05) is 140 Å². The normalized spacial score (nSPS) is 22.7. The number of carbonyl (C=O) groups is 17. The van der Waals surface area contributed by atoms with E-state index < -0.39 is 209 Å². The molecule has 22 N–H and O–H groups in total. The summed E-state index contributed by atoms with van der Waals surface area (Å²) in [6.45, 7) is 22.8. The lowest BCUT2D eigenvalue weighted by Crippen LogP contribution is -2.64. The van der Waals surface area contributed by atoms with Crippen molar-refractivity contribution in [3.05, 3.63) is 114 Å². The Bertz CT molecular complexity index is 4740. The number of ketones is 12. The van der Waals surface area contributed by atoms with Gasteiger partial charge in [0.15, 0.2) is 57.8 Å². The first kappa shape index (κ1) is 118. The highest BCUT2D eigenvalue weighted by Gasteiger charge is 2.44. The molecule has 0 saturated heterocycles. The van der Waals surface area contributed by atoms with Crippen molar-refractivity contribution in [2.24, 2.45) is 23.3 Å². The van der Waals surface area contributed by atoms with E-state index in [0.29, 0.717) is 79.0 Å². The standard InChI is InChI=1S/C101H156N18O19/c1-16-17-35-76(87(128)57-106-66(9)85(126)54-102)111-60-110-63(6)82(123)43-46-104-64(7)83(124)51-89(130)99(13)44-30-23-21-19-18-20-22-24-31-45-100(14,119-118-78(49-70-32-26-25-27-33-70)94(134)95(135)93(68(11)120)113-96(136)80(47-61(2)3)112-69(12)121)91(132)59-107-67(10)86(127)56-109-79(50-71-37-39-73(122)40-38-71)97(137)115-101(15,53-72-55-108-75-36-29-28-34-74(72)75)90(131)52-84(125)65(8)105-58-88(129)77(41-42-92(103)133)116-117-81(48-62(4)5)98(138)114-99/h19,21,25-29,32-34,36-40,55,61-68,76-81,93,104-111,116-120,122H,16-18,20,22-24,30-31,35,41-54,56-60,102H2,1-15H3,(H2,103,133)(H,112,121)(H,113,136)(H,114,138)(H,115,137)/t63-,64-,65-,66-,67-,68+,76-,77-,78-,79-,80-,81-,93-,99-,100+,101-/m0/s1. The van der Waals surface area contributed by atoms with E-state index in [1.807, 2.05) is 65.0 Å². The summed E-state index contributed by atoms with van der Waals surface area (Å²) in [5.41, 5.74) is 20.5. The van der Waals surface area contributed by atoms with Gasteiger partial charge in [-0.25, -0.2) is 21.7 Å². The maximum atomic E-state index is 15.2. The van der Waals surface area contributed by atoms with Crippen LogP contribution in [0.3, 0.4) is 0 Å². The van der Waals surface area contributed by atoms with Gasteiger partial charge < -0.3 is 69.2 Å². The van der Waals surface area contributed by atoms with E-state index in [4.69, 9.17) is 11.5 Å². The van der Waals surface area contributed by atoms with Gasteiger partial charge in [0.05, 0.1) is 117 Å². The van der Waals surface area contributed by atoms with Crippen LogP contribution in [0.15, 0.2) is 97.2 Å². The number of phenolic OH excluding ortho intramolecular Hbond substituents is 1. The van der Waals surface area contributed by atoms with Crippen LogP contribution in [0.1, 0.15) is 243 Å². The molecule has 3 aromatic carbocycles. The number of primary amides is 1. The minimum Gasteiger partial charge on any atom is -0.508 e. The molecule has 0 aliphatic carbocycles. The van der Waals surface area contributed by atoms with Crippen molar-refractivity contribution in [1.29, 1.82) is 0 Å². The Morgan fingerprint density at radius 3 is 1.86 bits per heavy atom. The second-order valence-electron chi connectivity index (χ2n) is 38.3. The summed E-state index contributed by atoms with van der Waals surface area (Å²) in [6.07, 6.45) is 7.96. The van der Waals surface area contributed by atoms with Gasteiger partial charge in [0, 0.05) is 56.5 Å².